The maximum Gasteiger partial charge on any atom is 0.292 e. The van der Waals surface area contributed by atoms with Crippen LogP contribution in [0.2, 0.25) is 0 Å². The van der Waals surface area contributed by atoms with Gasteiger partial charge in [-0.1, -0.05) is 13.0 Å². The van der Waals surface area contributed by atoms with Gasteiger partial charge in [0.05, 0.1) is 17.1 Å². The van der Waals surface area contributed by atoms with Crippen molar-refractivity contribution in [3.63, 3.8) is 0 Å². The zero-order chi connectivity index (χ0) is 31.4. The first-order chi connectivity index (χ1) is 19.9. The van der Waals surface area contributed by atoms with E-state index in [-0.39, 0.29) is 54.5 Å². The normalized spacial score (nSPS) is 11.7. The van der Waals surface area contributed by atoms with E-state index < -0.39 is 24.0 Å². The number of aromatic nitrogens is 2. The number of benzene rings is 1. The summed E-state index contributed by atoms with van der Waals surface area (Å²) < 4.78 is 14.2. The molecular weight excluding hydrogens is 547 g/mol. The lowest BCUT2D eigenvalue weighted by Crippen LogP contribution is -2.43. The summed E-state index contributed by atoms with van der Waals surface area (Å²) in [5.74, 6) is -1.73. The number of halogens is 1. The number of anilines is 1. The molecule has 1 aromatic heterocycles. The molecule has 13 nitrogen and oxygen atoms in total. The van der Waals surface area contributed by atoms with Crippen LogP contribution in [-0.2, 0) is 26.5 Å². The van der Waals surface area contributed by atoms with Gasteiger partial charge in [0, 0.05) is 45.5 Å². The minimum absolute atomic E-state index is 0.0335. The maximum atomic E-state index is 14.2. The highest BCUT2D eigenvalue weighted by Crippen LogP contribution is 2.32. The molecule has 5 N–H and O–H groups in total. The number of alkyl halides is 1. The van der Waals surface area contributed by atoms with E-state index in [1.165, 1.54) is 38.4 Å². The van der Waals surface area contributed by atoms with E-state index in [9.17, 15) is 29.0 Å². The molecule has 0 unspecified atom stereocenters. The highest BCUT2D eigenvalue weighted by Gasteiger charge is 2.28. The fraction of sp³-hybridized carbons (Fsp3) is 0.429. The summed E-state index contributed by atoms with van der Waals surface area (Å²) in [5.41, 5.74) is 0.0669. The summed E-state index contributed by atoms with van der Waals surface area (Å²) in [6.45, 7) is 9.69. The molecule has 0 spiro atoms. The van der Waals surface area contributed by atoms with Gasteiger partial charge in [-0.2, -0.15) is 5.10 Å². The van der Waals surface area contributed by atoms with Gasteiger partial charge in [-0.05, 0) is 44.9 Å². The molecule has 0 radical (unpaired) electrons. The summed E-state index contributed by atoms with van der Waals surface area (Å²) in [4.78, 5) is 47.5. The second-order valence-electron chi connectivity index (χ2n) is 9.75. The van der Waals surface area contributed by atoms with Crippen LogP contribution < -0.4 is 16.0 Å². The third-order valence-corrected chi connectivity index (χ3v) is 6.43. The van der Waals surface area contributed by atoms with Gasteiger partial charge in [-0.25, -0.2) is 19.4 Å². The number of hydrogen-bond donors (Lipinski definition) is 5. The smallest absolute Gasteiger partial charge is 0.292 e. The zero-order valence-corrected chi connectivity index (χ0v) is 24.6. The lowest BCUT2D eigenvalue weighted by molar-refractivity contribution is -0.132. The molecule has 2 aromatic rings. The molecule has 0 aliphatic carbocycles. The number of hydrogen-bond acceptors (Lipinski definition) is 10. The van der Waals surface area contributed by atoms with E-state index >= 15 is 0 Å². The first-order valence-electron chi connectivity index (χ1n) is 13.3. The van der Waals surface area contributed by atoms with Crippen LogP contribution in [-0.4, -0.2) is 88.3 Å². The summed E-state index contributed by atoms with van der Waals surface area (Å²) in [6.07, 6.45) is 2.53. The van der Waals surface area contributed by atoms with Crippen LogP contribution in [0.4, 0.5) is 10.1 Å². The van der Waals surface area contributed by atoms with Crippen molar-refractivity contribution in [1.82, 2.24) is 30.5 Å². The highest BCUT2D eigenvalue weighted by atomic mass is 19.1. The number of amides is 3. The molecular formula is C28H39FN8O5. The number of hydrazone groups is 1. The first kappa shape index (κ1) is 33.5. The molecule has 14 heteroatoms. The number of carbonyl (C=O) groups excluding carboxylic acids is 3. The third kappa shape index (κ3) is 8.88. The van der Waals surface area contributed by atoms with Crippen LogP contribution in [0.15, 0.2) is 41.0 Å². The van der Waals surface area contributed by atoms with E-state index in [4.69, 9.17) is 0 Å². The van der Waals surface area contributed by atoms with Crippen LogP contribution in [0, 0.1) is 6.92 Å². The van der Waals surface area contributed by atoms with Gasteiger partial charge in [0.2, 0.25) is 12.3 Å². The lowest BCUT2D eigenvalue weighted by atomic mass is 9.99. The van der Waals surface area contributed by atoms with Crippen molar-refractivity contribution >= 4 is 30.6 Å². The van der Waals surface area contributed by atoms with Crippen LogP contribution in [0.25, 0.3) is 0 Å². The van der Waals surface area contributed by atoms with Crippen LogP contribution in [0.1, 0.15) is 44.1 Å². The van der Waals surface area contributed by atoms with Crippen molar-refractivity contribution in [1.29, 1.82) is 0 Å². The number of carbonyl (C=O) groups is 3. The van der Waals surface area contributed by atoms with Crippen molar-refractivity contribution in [3.05, 3.63) is 52.9 Å². The Hall–Kier alpha value is -4.75. The van der Waals surface area contributed by atoms with Crippen molar-refractivity contribution in [2.45, 2.75) is 46.2 Å². The Labute approximate surface area is 244 Å². The van der Waals surface area contributed by atoms with Gasteiger partial charge >= 0.3 is 0 Å². The summed E-state index contributed by atoms with van der Waals surface area (Å²) in [6, 6.07) is 4.02. The number of phenols is 1. The molecule has 0 aliphatic rings. The Morgan fingerprint density at radius 3 is 2.50 bits per heavy atom. The van der Waals surface area contributed by atoms with Gasteiger partial charge < -0.3 is 31.1 Å². The van der Waals surface area contributed by atoms with Gasteiger partial charge in [0.25, 0.3) is 5.91 Å². The molecule has 1 heterocycles. The SMILES string of the molecule is C=NN(CC(=O)Nc1ccc(C(C)(C)F)cc1O)C(=O)/C(=C(/CC)NC)N(CCNC=O)CCc1ncnc(C)c1O. The Morgan fingerprint density at radius 2 is 1.93 bits per heavy atom. The minimum Gasteiger partial charge on any atom is -0.506 e. The molecule has 0 saturated carbocycles. The summed E-state index contributed by atoms with van der Waals surface area (Å²) in [7, 11) is 1.65. The number of phenolic OH excluding ortho intramolecular Hbond substituents is 1. The van der Waals surface area contributed by atoms with Gasteiger partial charge in [-0.3, -0.25) is 14.4 Å². The van der Waals surface area contributed by atoms with E-state index in [0.717, 1.165) is 5.01 Å². The first-order valence-corrected chi connectivity index (χ1v) is 13.3. The van der Waals surface area contributed by atoms with Crippen molar-refractivity contribution < 1.29 is 29.0 Å². The number of aromatic hydroxyl groups is 2. The molecule has 0 aliphatic heterocycles. The molecule has 42 heavy (non-hydrogen) atoms. The molecule has 2 rings (SSSR count). The average molecular weight is 587 g/mol. The second kappa shape index (κ2) is 15.3. The van der Waals surface area contributed by atoms with Crippen LogP contribution in [0.3, 0.4) is 0 Å². The molecule has 0 saturated heterocycles. The molecule has 228 valence electrons. The summed E-state index contributed by atoms with van der Waals surface area (Å²) in [5, 5.41) is 33.5. The number of allylic oxidation sites excluding steroid dienone is 1. The number of nitrogens with one attached hydrogen (secondary N) is 3. The summed E-state index contributed by atoms with van der Waals surface area (Å²) >= 11 is 0. The lowest BCUT2D eigenvalue weighted by Gasteiger charge is -2.31. The Kier molecular flexibility index (Phi) is 12.2. The van der Waals surface area contributed by atoms with Crippen molar-refractivity contribution in [2.75, 3.05) is 38.5 Å². The predicted molar refractivity (Wildman–Crippen MR) is 156 cm³/mol. The zero-order valence-electron chi connectivity index (χ0n) is 24.6. The quantitative estimate of drug-likeness (QED) is 0.0492. The monoisotopic (exact) mass is 586 g/mol. The molecule has 3 amide bonds. The van der Waals surface area contributed by atoms with Gasteiger partial charge in [0.1, 0.15) is 30.0 Å². The fourth-order valence-electron chi connectivity index (χ4n) is 4.09. The van der Waals surface area contributed by atoms with E-state index in [1.807, 2.05) is 6.92 Å². The van der Waals surface area contributed by atoms with Crippen molar-refractivity contribution in [3.8, 4) is 11.5 Å². The topological polar surface area (TPSA) is 172 Å². The molecule has 1 aromatic carbocycles. The van der Waals surface area contributed by atoms with Crippen LogP contribution >= 0.6 is 0 Å². The number of rotatable bonds is 16. The van der Waals surface area contributed by atoms with Gasteiger partial charge in [-0.15, -0.1) is 0 Å². The van der Waals surface area contributed by atoms with Crippen LogP contribution in [0.5, 0.6) is 11.5 Å². The van der Waals surface area contributed by atoms with E-state index in [0.29, 0.717) is 29.9 Å². The maximum absolute atomic E-state index is 14.2. The second-order valence-corrected chi connectivity index (χ2v) is 9.75. The molecule has 0 atom stereocenters. The number of aryl methyl sites for hydroxylation is 1. The fourth-order valence-corrected chi connectivity index (χ4v) is 4.09. The van der Waals surface area contributed by atoms with Crippen molar-refractivity contribution in [2.24, 2.45) is 5.10 Å². The standard InChI is InChI=1S/C28H39FN8O5/c1-7-20(30-5)25(36(13-11-32-17-38)12-10-22-26(41)18(2)33-16-34-22)27(42)37(31-6)15-24(40)35-21-9-8-19(14-23(21)39)28(3,4)29/h8-9,14,16-17,30,39,41H,6-7,10-13,15H2,1-5H3,(H,32,38)(H,35,40)/b25-20+. The highest BCUT2D eigenvalue weighted by molar-refractivity contribution is 5.99. The van der Waals surface area contributed by atoms with E-state index in [2.05, 4.69) is 37.7 Å². The molecule has 0 fully saturated rings. The average Bonchev–Trinajstić information content (AvgIpc) is 2.94. The predicted octanol–water partition coefficient (Wildman–Crippen LogP) is 1.92. The Morgan fingerprint density at radius 1 is 1.21 bits per heavy atom. The van der Waals surface area contributed by atoms with Gasteiger partial charge in [0.15, 0.2) is 5.75 Å². The van der Waals surface area contributed by atoms with E-state index in [1.54, 1.807) is 18.9 Å². The Balaban J connectivity index is 2.34. The largest absolute Gasteiger partial charge is 0.506 e. The number of nitrogens with zero attached hydrogens (tertiary/aromatic N) is 5. The molecule has 0 bridgehead atoms. The third-order valence-electron chi connectivity index (χ3n) is 6.43. The minimum atomic E-state index is -1.69. The Bertz CT molecular complexity index is 1310.